The van der Waals surface area contributed by atoms with Gasteiger partial charge in [0.2, 0.25) is 0 Å². The Morgan fingerprint density at radius 2 is 1.45 bits per heavy atom. The summed E-state index contributed by atoms with van der Waals surface area (Å²) in [6, 6.07) is 4.20. The minimum Gasteiger partial charge on any atom is -0.493 e. The van der Waals surface area contributed by atoms with Crippen molar-refractivity contribution in [1.82, 2.24) is 0 Å². The molecule has 0 N–H and O–H groups in total. The van der Waals surface area contributed by atoms with Crippen LogP contribution in [0.5, 0.6) is 11.5 Å². The van der Waals surface area contributed by atoms with Crippen LogP contribution < -0.4 is 9.47 Å². The van der Waals surface area contributed by atoms with Gasteiger partial charge in [0.15, 0.2) is 0 Å². The Bertz CT molecular complexity index is 473. The van der Waals surface area contributed by atoms with Gasteiger partial charge < -0.3 is 9.47 Å². The summed E-state index contributed by atoms with van der Waals surface area (Å²) in [5.74, 6) is 3.23. The molecule has 0 aliphatic heterocycles. The van der Waals surface area contributed by atoms with Crippen LogP contribution in [0.3, 0.4) is 0 Å². The van der Waals surface area contributed by atoms with Crippen LogP contribution in [0, 0.1) is 18.8 Å². The molecule has 0 fully saturated rings. The average Bonchev–Trinajstić information content (AvgIpc) is 2.42. The van der Waals surface area contributed by atoms with Gasteiger partial charge in [0, 0.05) is 5.56 Å². The maximum Gasteiger partial charge on any atom is 0.127 e. The zero-order valence-electron chi connectivity index (χ0n) is 15.1. The predicted molar refractivity (Wildman–Crippen MR) is 95.8 cm³/mol. The van der Waals surface area contributed by atoms with Crippen LogP contribution in [0.4, 0.5) is 0 Å². The summed E-state index contributed by atoms with van der Waals surface area (Å²) in [6.07, 6.45) is 6.27. The van der Waals surface area contributed by atoms with Gasteiger partial charge in [-0.3, -0.25) is 0 Å². The Hall–Kier alpha value is -1.44. The summed E-state index contributed by atoms with van der Waals surface area (Å²) in [6.45, 7) is 14.5. The van der Waals surface area contributed by atoms with Crippen molar-refractivity contribution in [2.45, 2.75) is 54.4 Å². The van der Waals surface area contributed by atoms with E-state index in [1.807, 2.05) is 13.0 Å². The molecule has 124 valence electrons. The molecule has 2 heteroatoms. The molecule has 1 aromatic carbocycles. The van der Waals surface area contributed by atoms with Crippen LogP contribution in [-0.4, -0.2) is 13.2 Å². The first-order valence-corrected chi connectivity index (χ1v) is 8.47. The van der Waals surface area contributed by atoms with Crippen molar-refractivity contribution in [2.24, 2.45) is 11.8 Å². The van der Waals surface area contributed by atoms with E-state index in [4.69, 9.17) is 9.47 Å². The van der Waals surface area contributed by atoms with Gasteiger partial charge in [-0.15, -0.1) is 0 Å². The third-order valence-corrected chi connectivity index (χ3v) is 3.56. The molecule has 0 heterocycles. The molecular weight excluding hydrogens is 272 g/mol. The van der Waals surface area contributed by atoms with Gasteiger partial charge in [0.25, 0.3) is 0 Å². The van der Waals surface area contributed by atoms with Gasteiger partial charge >= 0.3 is 0 Å². The first-order chi connectivity index (χ1) is 10.4. The summed E-state index contributed by atoms with van der Waals surface area (Å²) >= 11 is 0. The van der Waals surface area contributed by atoms with Crippen molar-refractivity contribution in [1.29, 1.82) is 0 Å². The molecule has 0 aliphatic rings. The highest BCUT2D eigenvalue weighted by molar-refractivity contribution is 5.61. The standard InChI is InChI=1S/C20H32O2/c1-7-8-18-14-19(21-11-9-15(2)3)17(6)13-20(18)22-12-10-16(4)5/h7-8,13-16H,9-12H2,1-6H3. The summed E-state index contributed by atoms with van der Waals surface area (Å²) < 4.78 is 11.9. The highest BCUT2D eigenvalue weighted by Crippen LogP contribution is 2.30. The van der Waals surface area contributed by atoms with E-state index in [0.717, 1.165) is 48.7 Å². The molecule has 0 spiro atoms. The van der Waals surface area contributed by atoms with Gasteiger partial charge in [-0.25, -0.2) is 0 Å². The molecule has 1 rings (SSSR count). The van der Waals surface area contributed by atoms with Gasteiger partial charge in [-0.2, -0.15) is 0 Å². The molecule has 1 aromatic rings. The first kappa shape index (κ1) is 18.6. The quantitative estimate of drug-likeness (QED) is 0.567. The zero-order chi connectivity index (χ0) is 16.5. The van der Waals surface area contributed by atoms with Crippen LogP contribution in [0.25, 0.3) is 6.08 Å². The second-order valence-corrected chi connectivity index (χ2v) is 6.72. The van der Waals surface area contributed by atoms with E-state index in [2.05, 4.69) is 52.8 Å². The number of ether oxygens (including phenoxy) is 2. The van der Waals surface area contributed by atoms with Gasteiger partial charge in [0.05, 0.1) is 13.2 Å². The lowest BCUT2D eigenvalue weighted by Gasteiger charge is -2.16. The van der Waals surface area contributed by atoms with Crippen molar-refractivity contribution in [3.8, 4) is 11.5 Å². The van der Waals surface area contributed by atoms with E-state index in [1.54, 1.807) is 0 Å². The van der Waals surface area contributed by atoms with E-state index in [0.29, 0.717) is 11.8 Å². The lowest BCUT2D eigenvalue weighted by molar-refractivity contribution is 0.280. The number of rotatable bonds is 9. The van der Waals surface area contributed by atoms with Crippen LogP contribution >= 0.6 is 0 Å². The molecule has 0 atom stereocenters. The molecule has 0 amide bonds. The Morgan fingerprint density at radius 1 is 0.909 bits per heavy atom. The van der Waals surface area contributed by atoms with Crippen molar-refractivity contribution >= 4 is 6.08 Å². The normalized spacial score (nSPS) is 11.6. The molecule has 2 nitrogen and oxygen atoms in total. The van der Waals surface area contributed by atoms with Crippen molar-refractivity contribution in [3.63, 3.8) is 0 Å². The highest BCUT2D eigenvalue weighted by atomic mass is 16.5. The Kier molecular flexibility index (Phi) is 8.08. The second-order valence-electron chi connectivity index (χ2n) is 6.72. The number of hydrogen-bond donors (Lipinski definition) is 0. The molecule has 0 aliphatic carbocycles. The first-order valence-electron chi connectivity index (χ1n) is 8.47. The third-order valence-electron chi connectivity index (χ3n) is 3.56. The lowest BCUT2D eigenvalue weighted by atomic mass is 10.1. The fraction of sp³-hybridized carbons (Fsp3) is 0.600. The van der Waals surface area contributed by atoms with Crippen LogP contribution in [0.2, 0.25) is 0 Å². The Balaban J connectivity index is 2.82. The summed E-state index contributed by atoms with van der Waals surface area (Å²) in [7, 11) is 0. The topological polar surface area (TPSA) is 18.5 Å². The largest absolute Gasteiger partial charge is 0.493 e. The van der Waals surface area contributed by atoms with Crippen LogP contribution in [-0.2, 0) is 0 Å². The monoisotopic (exact) mass is 304 g/mol. The molecule has 0 radical (unpaired) electrons. The van der Waals surface area contributed by atoms with E-state index >= 15 is 0 Å². The number of allylic oxidation sites excluding steroid dienone is 1. The minimum absolute atomic E-state index is 0.657. The molecule has 0 saturated heterocycles. The highest BCUT2D eigenvalue weighted by Gasteiger charge is 2.09. The molecule has 0 saturated carbocycles. The van der Waals surface area contributed by atoms with E-state index < -0.39 is 0 Å². The van der Waals surface area contributed by atoms with Crippen molar-refractivity contribution < 1.29 is 9.47 Å². The summed E-state index contributed by atoms with van der Waals surface area (Å²) in [4.78, 5) is 0. The smallest absolute Gasteiger partial charge is 0.127 e. The third kappa shape index (κ3) is 6.55. The van der Waals surface area contributed by atoms with Crippen LogP contribution in [0.1, 0.15) is 58.6 Å². The number of hydrogen-bond acceptors (Lipinski definition) is 2. The predicted octanol–water partition coefficient (Wildman–Crippen LogP) is 5.88. The molecule has 0 unspecified atom stereocenters. The fourth-order valence-electron chi connectivity index (χ4n) is 2.08. The molecular formula is C20H32O2. The minimum atomic E-state index is 0.657. The van der Waals surface area contributed by atoms with Crippen molar-refractivity contribution in [2.75, 3.05) is 13.2 Å². The maximum atomic E-state index is 5.97. The van der Waals surface area contributed by atoms with E-state index in [9.17, 15) is 0 Å². The molecule has 0 bridgehead atoms. The average molecular weight is 304 g/mol. The van der Waals surface area contributed by atoms with E-state index in [1.165, 1.54) is 0 Å². The summed E-state index contributed by atoms with van der Waals surface area (Å²) in [5.41, 5.74) is 2.23. The van der Waals surface area contributed by atoms with Gasteiger partial charge in [-0.1, -0.05) is 39.8 Å². The second kappa shape index (κ2) is 9.55. The van der Waals surface area contributed by atoms with Crippen molar-refractivity contribution in [3.05, 3.63) is 29.3 Å². The maximum absolute atomic E-state index is 5.97. The SMILES string of the molecule is CC=Cc1cc(OCCC(C)C)c(C)cc1OCCC(C)C. The number of aryl methyl sites for hydroxylation is 1. The Labute approximate surface area is 136 Å². The van der Waals surface area contributed by atoms with Crippen LogP contribution in [0.15, 0.2) is 18.2 Å². The zero-order valence-corrected chi connectivity index (χ0v) is 15.1. The van der Waals surface area contributed by atoms with Gasteiger partial charge in [-0.05, 0) is 56.2 Å². The fourth-order valence-corrected chi connectivity index (χ4v) is 2.08. The van der Waals surface area contributed by atoms with Gasteiger partial charge in [0.1, 0.15) is 11.5 Å². The summed E-state index contributed by atoms with van der Waals surface area (Å²) in [5, 5.41) is 0. The Morgan fingerprint density at radius 3 is 1.95 bits per heavy atom. The lowest BCUT2D eigenvalue weighted by Crippen LogP contribution is -2.05. The molecule has 0 aromatic heterocycles. The molecule has 22 heavy (non-hydrogen) atoms. The number of benzene rings is 1. The van der Waals surface area contributed by atoms with E-state index in [-0.39, 0.29) is 0 Å².